The van der Waals surface area contributed by atoms with E-state index in [1.54, 1.807) is 7.11 Å². The van der Waals surface area contributed by atoms with Gasteiger partial charge in [-0.1, -0.05) is 6.42 Å². The van der Waals surface area contributed by atoms with Crippen molar-refractivity contribution in [2.24, 2.45) is 0 Å². The molecule has 0 atom stereocenters. The normalized spacial score (nSPS) is 19.0. The summed E-state index contributed by atoms with van der Waals surface area (Å²) in [5.41, 5.74) is 6.51. The Hall–Kier alpha value is -2.37. The van der Waals surface area contributed by atoms with Crippen molar-refractivity contribution in [2.75, 3.05) is 13.7 Å². The van der Waals surface area contributed by atoms with Crippen LogP contribution in [0.5, 0.6) is 5.88 Å². The molecule has 0 radical (unpaired) electrons. The van der Waals surface area contributed by atoms with Crippen LogP contribution in [0.1, 0.15) is 70.2 Å². The highest BCUT2D eigenvalue weighted by molar-refractivity contribution is 5.96. The van der Waals surface area contributed by atoms with Crippen LogP contribution in [-0.4, -0.2) is 39.6 Å². The standard InChI is InChI=1S/C20H24N4O2/c1-26-19-14(10-13-6-3-7-16(13)21-19)20(25)24-9-8-17-15(11-24)18(23-22-17)12-4-2-5-12/h10,12H,2-9,11H2,1H3,(H,22,23). The maximum atomic E-state index is 13.3. The van der Waals surface area contributed by atoms with E-state index in [0.717, 1.165) is 31.4 Å². The maximum Gasteiger partial charge on any atom is 0.259 e. The summed E-state index contributed by atoms with van der Waals surface area (Å²) in [4.78, 5) is 19.8. The van der Waals surface area contributed by atoms with Crippen molar-refractivity contribution in [1.82, 2.24) is 20.1 Å². The molecule has 0 bridgehead atoms. The number of carbonyl (C=O) groups is 1. The first kappa shape index (κ1) is 15.9. The number of ether oxygens (including phenoxy) is 1. The van der Waals surface area contributed by atoms with Gasteiger partial charge in [-0.15, -0.1) is 0 Å². The smallest absolute Gasteiger partial charge is 0.259 e. The van der Waals surface area contributed by atoms with Crippen LogP contribution >= 0.6 is 0 Å². The number of aromatic nitrogens is 3. The first-order valence-electron chi connectivity index (χ1n) is 9.66. The van der Waals surface area contributed by atoms with Crippen LogP contribution in [0.25, 0.3) is 0 Å². The number of aromatic amines is 1. The molecule has 6 nitrogen and oxygen atoms in total. The number of carbonyl (C=O) groups excluding carboxylic acids is 1. The average molecular weight is 352 g/mol. The lowest BCUT2D eigenvalue weighted by Gasteiger charge is -2.30. The van der Waals surface area contributed by atoms with Crippen molar-refractivity contribution in [1.29, 1.82) is 0 Å². The molecule has 1 saturated carbocycles. The molecule has 2 aromatic rings. The highest BCUT2D eigenvalue weighted by Crippen LogP contribution is 2.39. The molecule has 1 aliphatic heterocycles. The van der Waals surface area contributed by atoms with E-state index in [2.05, 4.69) is 15.2 Å². The molecule has 26 heavy (non-hydrogen) atoms. The van der Waals surface area contributed by atoms with Crippen LogP contribution in [0.15, 0.2) is 6.07 Å². The van der Waals surface area contributed by atoms with E-state index in [9.17, 15) is 4.79 Å². The molecule has 6 heteroatoms. The lowest BCUT2D eigenvalue weighted by molar-refractivity contribution is 0.0729. The van der Waals surface area contributed by atoms with Crippen LogP contribution < -0.4 is 4.74 Å². The molecule has 5 rings (SSSR count). The highest BCUT2D eigenvalue weighted by atomic mass is 16.5. The van der Waals surface area contributed by atoms with Gasteiger partial charge in [0.15, 0.2) is 0 Å². The topological polar surface area (TPSA) is 71.1 Å². The third-order valence-electron chi connectivity index (χ3n) is 6.18. The zero-order valence-electron chi connectivity index (χ0n) is 15.2. The predicted molar refractivity (Wildman–Crippen MR) is 96.4 cm³/mol. The molecule has 2 aromatic heterocycles. The van der Waals surface area contributed by atoms with E-state index in [0.29, 0.717) is 30.5 Å². The molecule has 3 heterocycles. The summed E-state index contributed by atoms with van der Waals surface area (Å²) in [5.74, 6) is 1.06. The predicted octanol–water partition coefficient (Wildman–Crippen LogP) is 2.77. The van der Waals surface area contributed by atoms with Crippen molar-refractivity contribution in [2.45, 2.75) is 57.4 Å². The van der Waals surface area contributed by atoms with Gasteiger partial charge in [-0.3, -0.25) is 9.89 Å². The lowest BCUT2D eigenvalue weighted by Crippen LogP contribution is -2.36. The first-order chi connectivity index (χ1) is 12.7. The fourth-order valence-electron chi connectivity index (χ4n) is 4.44. The van der Waals surface area contributed by atoms with E-state index in [1.807, 2.05) is 11.0 Å². The molecular weight excluding hydrogens is 328 g/mol. The molecule has 3 aliphatic rings. The second-order valence-electron chi connectivity index (χ2n) is 7.68. The van der Waals surface area contributed by atoms with Gasteiger partial charge >= 0.3 is 0 Å². The van der Waals surface area contributed by atoms with E-state index in [1.165, 1.54) is 41.8 Å². The number of hydrogen-bond acceptors (Lipinski definition) is 4. The number of hydrogen-bond donors (Lipinski definition) is 1. The third-order valence-corrected chi connectivity index (χ3v) is 6.18. The minimum absolute atomic E-state index is 0.0236. The van der Waals surface area contributed by atoms with Gasteiger partial charge in [-0.2, -0.15) is 5.10 Å². The van der Waals surface area contributed by atoms with Crippen molar-refractivity contribution in [3.8, 4) is 5.88 Å². The number of aryl methyl sites for hydroxylation is 2. The lowest BCUT2D eigenvalue weighted by atomic mass is 9.80. The van der Waals surface area contributed by atoms with Gasteiger partial charge in [-0.05, 0) is 43.7 Å². The van der Waals surface area contributed by atoms with Crippen molar-refractivity contribution in [3.63, 3.8) is 0 Å². The highest BCUT2D eigenvalue weighted by Gasteiger charge is 2.32. The second kappa shape index (κ2) is 6.11. The number of amides is 1. The molecule has 1 N–H and O–H groups in total. The molecule has 0 spiro atoms. The Bertz CT molecular complexity index is 869. The van der Waals surface area contributed by atoms with Gasteiger partial charge in [-0.25, -0.2) is 4.98 Å². The van der Waals surface area contributed by atoms with Gasteiger partial charge < -0.3 is 9.64 Å². The molecular formula is C20H24N4O2. The Kier molecular flexibility index (Phi) is 3.72. The molecule has 136 valence electrons. The quantitative estimate of drug-likeness (QED) is 0.922. The summed E-state index contributed by atoms with van der Waals surface area (Å²) in [6.45, 7) is 1.34. The second-order valence-corrected chi connectivity index (χ2v) is 7.68. The number of pyridine rings is 1. The van der Waals surface area contributed by atoms with Gasteiger partial charge in [0.05, 0.1) is 12.8 Å². The molecule has 1 fully saturated rings. The Balaban J connectivity index is 1.44. The number of nitrogens with one attached hydrogen (secondary N) is 1. The number of rotatable bonds is 3. The van der Waals surface area contributed by atoms with Gasteiger partial charge in [0.2, 0.25) is 5.88 Å². The number of nitrogens with zero attached hydrogens (tertiary/aromatic N) is 3. The molecule has 1 amide bonds. The minimum Gasteiger partial charge on any atom is -0.480 e. The molecule has 0 saturated heterocycles. The van der Waals surface area contributed by atoms with Crippen LogP contribution in [0.3, 0.4) is 0 Å². The fourth-order valence-corrected chi connectivity index (χ4v) is 4.44. The Morgan fingerprint density at radius 2 is 2.15 bits per heavy atom. The van der Waals surface area contributed by atoms with E-state index in [4.69, 9.17) is 4.74 Å². The maximum absolute atomic E-state index is 13.3. The summed E-state index contributed by atoms with van der Waals surface area (Å²) in [5, 5.41) is 7.77. The van der Waals surface area contributed by atoms with Gasteiger partial charge in [0.25, 0.3) is 5.91 Å². The van der Waals surface area contributed by atoms with Crippen LogP contribution in [0, 0.1) is 0 Å². The first-order valence-corrected chi connectivity index (χ1v) is 9.66. The number of methoxy groups -OCH3 is 1. The summed E-state index contributed by atoms with van der Waals surface area (Å²) in [7, 11) is 1.60. The van der Waals surface area contributed by atoms with Crippen molar-refractivity contribution < 1.29 is 9.53 Å². The Labute approximate surface area is 153 Å². The van der Waals surface area contributed by atoms with E-state index >= 15 is 0 Å². The van der Waals surface area contributed by atoms with Crippen molar-refractivity contribution >= 4 is 5.91 Å². The Morgan fingerprint density at radius 3 is 2.92 bits per heavy atom. The average Bonchev–Trinajstić information content (AvgIpc) is 3.24. The molecule has 2 aliphatic carbocycles. The summed E-state index contributed by atoms with van der Waals surface area (Å²) >= 11 is 0. The molecule has 0 unspecified atom stereocenters. The monoisotopic (exact) mass is 352 g/mol. The van der Waals surface area contributed by atoms with Gasteiger partial charge in [0, 0.05) is 42.4 Å². The van der Waals surface area contributed by atoms with Gasteiger partial charge in [0.1, 0.15) is 5.56 Å². The van der Waals surface area contributed by atoms with E-state index < -0.39 is 0 Å². The molecule has 0 aromatic carbocycles. The fraction of sp³-hybridized carbons (Fsp3) is 0.550. The zero-order valence-corrected chi connectivity index (χ0v) is 15.2. The number of H-pyrrole nitrogens is 1. The summed E-state index contributed by atoms with van der Waals surface area (Å²) in [6, 6.07) is 2.01. The van der Waals surface area contributed by atoms with Crippen LogP contribution in [0.2, 0.25) is 0 Å². The largest absolute Gasteiger partial charge is 0.480 e. The van der Waals surface area contributed by atoms with Crippen LogP contribution in [0.4, 0.5) is 0 Å². The zero-order chi connectivity index (χ0) is 17.7. The van der Waals surface area contributed by atoms with Crippen LogP contribution in [-0.2, 0) is 25.8 Å². The Morgan fingerprint density at radius 1 is 1.27 bits per heavy atom. The van der Waals surface area contributed by atoms with Crippen molar-refractivity contribution in [3.05, 3.63) is 39.8 Å². The third kappa shape index (κ3) is 2.42. The summed E-state index contributed by atoms with van der Waals surface area (Å²) in [6.07, 6.45) is 7.64. The van der Waals surface area contributed by atoms with E-state index in [-0.39, 0.29) is 5.91 Å². The number of fused-ring (bicyclic) bond motifs is 2. The SMILES string of the molecule is COc1nc2c(cc1C(=O)N1CCc3[nH]nc(C4CCC4)c3C1)CCC2. The minimum atomic E-state index is 0.0236. The summed E-state index contributed by atoms with van der Waals surface area (Å²) < 4.78 is 5.45.